The van der Waals surface area contributed by atoms with Gasteiger partial charge in [-0.1, -0.05) is 0 Å². The molecule has 11 heavy (non-hydrogen) atoms. The smallest absolute Gasteiger partial charge is 0.123 e. The quantitative estimate of drug-likeness (QED) is 0.582. The van der Waals surface area contributed by atoms with Gasteiger partial charge in [-0.2, -0.15) is 0 Å². The van der Waals surface area contributed by atoms with Crippen LogP contribution in [0.3, 0.4) is 0 Å². The zero-order chi connectivity index (χ0) is 7.84. The third-order valence-electron chi connectivity index (χ3n) is 1.76. The lowest BCUT2D eigenvalue weighted by atomic mass is 10.2. The second-order valence-electron chi connectivity index (χ2n) is 2.78. The summed E-state index contributed by atoms with van der Waals surface area (Å²) >= 11 is 1.71. The van der Waals surface area contributed by atoms with Crippen molar-refractivity contribution in [3.05, 3.63) is 28.8 Å². The molecule has 0 aliphatic carbocycles. The average molecular weight is 163 g/mol. The van der Waals surface area contributed by atoms with Gasteiger partial charge in [-0.25, -0.2) is 4.98 Å². The number of hydrogen-bond acceptors (Lipinski definition) is 2. The van der Waals surface area contributed by atoms with Crippen molar-refractivity contribution < 1.29 is 0 Å². The molecule has 0 radical (unpaired) electrons. The number of thiophene rings is 1. The van der Waals surface area contributed by atoms with Gasteiger partial charge in [0.2, 0.25) is 0 Å². The van der Waals surface area contributed by atoms with E-state index in [4.69, 9.17) is 0 Å². The molecule has 0 unspecified atom stereocenters. The summed E-state index contributed by atoms with van der Waals surface area (Å²) in [7, 11) is 0. The van der Waals surface area contributed by atoms with E-state index in [2.05, 4.69) is 30.3 Å². The first kappa shape index (κ1) is 6.80. The maximum atomic E-state index is 4.32. The van der Waals surface area contributed by atoms with E-state index < -0.39 is 0 Å². The number of hydrogen-bond donors (Lipinski definition) is 0. The van der Waals surface area contributed by atoms with E-state index in [1.165, 1.54) is 16.5 Å². The fourth-order valence-corrected chi connectivity index (χ4v) is 2.02. The molecule has 2 rings (SSSR count). The van der Waals surface area contributed by atoms with E-state index in [9.17, 15) is 0 Å². The Morgan fingerprint density at radius 1 is 1.36 bits per heavy atom. The van der Waals surface area contributed by atoms with Gasteiger partial charge in [-0.05, 0) is 36.4 Å². The summed E-state index contributed by atoms with van der Waals surface area (Å²) in [5, 5.41) is 3.45. The summed E-state index contributed by atoms with van der Waals surface area (Å²) in [5.41, 5.74) is 2.57. The molecule has 0 aliphatic rings. The van der Waals surface area contributed by atoms with Crippen molar-refractivity contribution in [3.8, 4) is 0 Å². The zero-order valence-corrected chi connectivity index (χ0v) is 7.40. The van der Waals surface area contributed by atoms with E-state index in [0.29, 0.717) is 0 Å². The highest BCUT2D eigenvalue weighted by atomic mass is 32.1. The Morgan fingerprint density at radius 2 is 2.18 bits per heavy atom. The summed E-state index contributed by atoms with van der Waals surface area (Å²) in [6.45, 7) is 4.20. The van der Waals surface area contributed by atoms with Crippen LogP contribution in [0.5, 0.6) is 0 Å². The Morgan fingerprint density at radius 3 is 3.00 bits per heavy atom. The lowest BCUT2D eigenvalue weighted by Crippen LogP contribution is -1.76. The van der Waals surface area contributed by atoms with Crippen LogP contribution in [-0.2, 0) is 0 Å². The van der Waals surface area contributed by atoms with Crippen LogP contribution in [0.2, 0.25) is 0 Å². The maximum absolute atomic E-state index is 4.32. The van der Waals surface area contributed by atoms with Crippen LogP contribution in [0.4, 0.5) is 0 Å². The fourth-order valence-electron chi connectivity index (χ4n) is 1.14. The molecule has 0 atom stereocenters. The van der Waals surface area contributed by atoms with Gasteiger partial charge in [-0.3, -0.25) is 0 Å². The molecule has 0 spiro atoms. The van der Waals surface area contributed by atoms with E-state index in [0.717, 1.165) is 4.83 Å². The highest BCUT2D eigenvalue weighted by Gasteiger charge is 1.99. The van der Waals surface area contributed by atoms with E-state index in [1.807, 2.05) is 6.20 Å². The molecular formula is C9H9NS. The minimum absolute atomic E-state index is 1.15. The average Bonchev–Trinajstić information content (AvgIpc) is 2.33. The molecule has 0 saturated carbocycles. The number of nitrogens with zero attached hydrogens (tertiary/aromatic N) is 1. The molecule has 2 heteroatoms. The van der Waals surface area contributed by atoms with Gasteiger partial charge in [0, 0.05) is 11.6 Å². The Bertz CT molecular complexity index is 389. The van der Waals surface area contributed by atoms with Gasteiger partial charge in [0.05, 0.1) is 0 Å². The molecule has 56 valence electrons. The molecule has 0 fully saturated rings. The second-order valence-corrected chi connectivity index (χ2v) is 3.64. The summed E-state index contributed by atoms with van der Waals surface area (Å²) in [4.78, 5) is 5.47. The highest BCUT2D eigenvalue weighted by molar-refractivity contribution is 7.16. The first-order valence-electron chi connectivity index (χ1n) is 3.58. The van der Waals surface area contributed by atoms with Gasteiger partial charge in [-0.15, -0.1) is 11.3 Å². The summed E-state index contributed by atoms with van der Waals surface area (Å²) in [5.74, 6) is 0. The highest BCUT2D eigenvalue weighted by Crippen LogP contribution is 2.23. The van der Waals surface area contributed by atoms with Crippen molar-refractivity contribution in [1.29, 1.82) is 0 Å². The molecule has 0 aliphatic heterocycles. The molecule has 0 bridgehead atoms. The number of pyridine rings is 1. The second kappa shape index (κ2) is 2.31. The largest absolute Gasteiger partial charge is 0.245 e. The summed E-state index contributed by atoms with van der Waals surface area (Å²) < 4.78 is 0. The van der Waals surface area contributed by atoms with Gasteiger partial charge < -0.3 is 0 Å². The van der Waals surface area contributed by atoms with Crippen molar-refractivity contribution in [2.45, 2.75) is 13.8 Å². The Kier molecular flexibility index (Phi) is 1.43. The molecule has 1 nitrogen and oxygen atoms in total. The van der Waals surface area contributed by atoms with Crippen LogP contribution >= 0.6 is 11.3 Å². The Hall–Kier alpha value is -0.890. The predicted octanol–water partition coefficient (Wildman–Crippen LogP) is 2.91. The first-order chi connectivity index (χ1) is 5.27. The van der Waals surface area contributed by atoms with Gasteiger partial charge in [0.25, 0.3) is 0 Å². The van der Waals surface area contributed by atoms with Gasteiger partial charge in [0.1, 0.15) is 4.83 Å². The molecule has 2 aromatic rings. The number of rotatable bonds is 0. The Labute approximate surface area is 69.7 Å². The van der Waals surface area contributed by atoms with Crippen molar-refractivity contribution >= 4 is 21.6 Å². The number of aromatic nitrogens is 1. The molecular weight excluding hydrogens is 154 g/mol. The van der Waals surface area contributed by atoms with Crippen LogP contribution in [0.15, 0.2) is 17.6 Å². The summed E-state index contributed by atoms with van der Waals surface area (Å²) in [6.07, 6.45) is 1.91. The molecule has 0 amide bonds. The van der Waals surface area contributed by atoms with Gasteiger partial charge >= 0.3 is 0 Å². The molecule has 0 saturated heterocycles. The van der Waals surface area contributed by atoms with Gasteiger partial charge in [0.15, 0.2) is 0 Å². The summed E-state index contributed by atoms with van der Waals surface area (Å²) in [6, 6.07) is 2.19. The molecule has 0 N–H and O–H groups in total. The fraction of sp³-hybridized carbons (Fsp3) is 0.222. The predicted molar refractivity (Wildman–Crippen MR) is 49.1 cm³/mol. The Balaban J connectivity index is 2.87. The topological polar surface area (TPSA) is 12.9 Å². The zero-order valence-electron chi connectivity index (χ0n) is 6.59. The van der Waals surface area contributed by atoms with Crippen LogP contribution in [0.25, 0.3) is 10.2 Å². The van der Waals surface area contributed by atoms with Crippen LogP contribution in [0, 0.1) is 13.8 Å². The van der Waals surface area contributed by atoms with Crippen LogP contribution in [0.1, 0.15) is 11.1 Å². The lowest BCUT2D eigenvalue weighted by molar-refractivity contribution is 1.35. The SMILES string of the molecule is Cc1cnc2scc(C)c2c1. The molecule has 2 aromatic heterocycles. The van der Waals surface area contributed by atoms with Crippen molar-refractivity contribution in [2.24, 2.45) is 0 Å². The van der Waals surface area contributed by atoms with E-state index in [-0.39, 0.29) is 0 Å². The third-order valence-corrected chi connectivity index (χ3v) is 2.78. The van der Waals surface area contributed by atoms with Crippen molar-refractivity contribution in [3.63, 3.8) is 0 Å². The maximum Gasteiger partial charge on any atom is 0.123 e. The molecule has 2 heterocycles. The van der Waals surface area contributed by atoms with Crippen LogP contribution in [-0.4, -0.2) is 4.98 Å². The van der Waals surface area contributed by atoms with E-state index in [1.54, 1.807) is 11.3 Å². The minimum Gasteiger partial charge on any atom is -0.245 e. The number of fused-ring (bicyclic) bond motifs is 1. The monoisotopic (exact) mass is 163 g/mol. The first-order valence-corrected chi connectivity index (χ1v) is 4.46. The van der Waals surface area contributed by atoms with E-state index >= 15 is 0 Å². The standard InChI is InChI=1S/C9H9NS/c1-6-3-8-7(2)5-11-9(8)10-4-6/h3-5H,1-2H3. The van der Waals surface area contributed by atoms with Crippen molar-refractivity contribution in [2.75, 3.05) is 0 Å². The minimum atomic E-state index is 1.15. The van der Waals surface area contributed by atoms with Crippen molar-refractivity contribution in [1.82, 2.24) is 4.98 Å². The normalized spacial score (nSPS) is 10.7. The van der Waals surface area contributed by atoms with Crippen LogP contribution < -0.4 is 0 Å². The lowest BCUT2D eigenvalue weighted by Gasteiger charge is -1.92. The molecule has 0 aromatic carbocycles. The third kappa shape index (κ3) is 1.03. The number of aryl methyl sites for hydroxylation is 2.